The van der Waals surface area contributed by atoms with Gasteiger partial charge in [-0.3, -0.25) is 0 Å². The van der Waals surface area contributed by atoms with Crippen LogP contribution in [0.2, 0.25) is 0 Å². The van der Waals surface area contributed by atoms with Crippen molar-refractivity contribution in [2.45, 2.75) is 38.3 Å². The molecule has 0 aliphatic carbocycles. The van der Waals surface area contributed by atoms with Crippen LogP contribution in [-0.4, -0.2) is 40.6 Å². The molecule has 0 bridgehead atoms. The minimum absolute atomic E-state index is 0.0138. The van der Waals surface area contributed by atoms with Crippen LogP contribution in [0.15, 0.2) is 12.7 Å². The van der Waals surface area contributed by atoms with Crippen molar-refractivity contribution in [1.82, 2.24) is 10.2 Å². The van der Waals surface area contributed by atoms with E-state index in [1.54, 1.807) is 6.08 Å². The van der Waals surface area contributed by atoms with E-state index in [2.05, 4.69) is 11.9 Å². The Morgan fingerprint density at radius 1 is 1.69 bits per heavy atom. The molecule has 0 radical (unpaired) electrons. The molecule has 5 heteroatoms. The molecule has 2 amide bonds. The largest absolute Gasteiger partial charge is 0.480 e. The number of nitrogens with one attached hydrogen (secondary N) is 1. The van der Waals surface area contributed by atoms with Crippen LogP contribution in [0, 0.1) is 0 Å². The summed E-state index contributed by atoms with van der Waals surface area (Å²) in [6.07, 6.45) is 3.69. The number of hydrogen-bond donors (Lipinski definition) is 2. The van der Waals surface area contributed by atoms with Gasteiger partial charge < -0.3 is 15.3 Å². The van der Waals surface area contributed by atoms with Crippen LogP contribution in [0.3, 0.4) is 0 Å². The Morgan fingerprint density at radius 3 is 2.94 bits per heavy atom. The standard InChI is InChI=1S/C11H18N2O3/c1-3-5-8(2)12-11(16)13-7-4-6-9(13)10(14)15/h3,8-9H,1,4-7H2,2H3,(H,12,16)(H,14,15). The lowest BCUT2D eigenvalue weighted by atomic mass is 10.2. The number of carboxylic acids is 1. The van der Waals surface area contributed by atoms with E-state index in [1.807, 2.05) is 6.92 Å². The zero-order chi connectivity index (χ0) is 12.1. The highest BCUT2D eigenvalue weighted by Gasteiger charge is 2.34. The minimum Gasteiger partial charge on any atom is -0.480 e. The molecule has 0 aromatic heterocycles. The van der Waals surface area contributed by atoms with Crippen LogP contribution in [0.5, 0.6) is 0 Å². The Balaban J connectivity index is 2.52. The maximum Gasteiger partial charge on any atom is 0.326 e. The lowest BCUT2D eigenvalue weighted by molar-refractivity contribution is -0.141. The van der Waals surface area contributed by atoms with Crippen molar-refractivity contribution in [2.24, 2.45) is 0 Å². The molecule has 2 atom stereocenters. The number of urea groups is 1. The predicted molar refractivity (Wildman–Crippen MR) is 60.2 cm³/mol. The molecule has 1 fully saturated rings. The van der Waals surface area contributed by atoms with Gasteiger partial charge in [-0.2, -0.15) is 0 Å². The van der Waals surface area contributed by atoms with E-state index in [-0.39, 0.29) is 12.1 Å². The summed E-state index contributed by atoms with van der Waals surface area (Å²) in [5.74, 6) is -0.927. The van der Waals surface area contributed by atoms with Gasteiger partial charge in [0.2, 0.25) is 0 Å². The minimum atomic E-state index is -0.927. The molecular weight excluding hydrogens is 208 g/mol. The van der Waals surface area contributed by atoms with Crippen molar-refractivity contribution in [3.63, 3.8) is 0 Å². The van der Waals surface area contributed by atoms with Gasteiger partial charge >= 0.3 is 12.0 Å². The van der Waals surface area contributed by atoms with Crippen LogP contribution >= 0.6 is 0 Å². The van der Waals surface area contributed by atoms with Crippen molar-refractivity contribution in [1.29, 1.82) is 0 Å². The highest BCUT2D eigenvalue weighted by molar-refractivity contribution is 5.83. The first kappa shape index (κ1) is 12.5. The third kappa shape index (κ3) is 2.98. The molecule has 0 saturated carbocycles. The normalized spacial score (nSPS) is 21.6. The maximum atomic E-state index is 11.8. The van der Waals surface area contributed by atoms with Crippen LogP contribution in [0.4, 0.5) is 4.79 Å². The van der Waals surface area contributed by atoms with E-state index in [0.717, 1.165) is 6.42 Å². The van der Waals surface area contributed by atoms with Gasteiger partial charge in [0.05, 0.1) is 0 Å². The molecule has 0 aromatic rings. The summed E-state index contributed by atoms with van der Waals surface area (Å²) in [4.78, 5) is 24.0. The number of aliphatic carboxylic acids is 1. The molecule has 90 valence electrons. The van der Waals surface area contributed by atoms with Gasteiger partial charge in [0.1, 0.15) is 6.04 Å². The predicted octanol–water partition coefficient (Wildman–Crippen LogP) is 1.21. The Labute approximate surface area is 95.1 Å². The molecule has 5 nitrogen and oxygen atoms in total. The second kappa shape index (κ2) is 5.53. The molecule has 0 aromatic carbocycles. The van der Waals surface area contributed by atoms with Gasteiger partial charge in [0.25, 0.3) is 0 Å². The highest BCUT2D eigenvalue weighted by atomic mass is 16.4. The molecule has 1 aliphatic rings. The highest BCUT2D eigenvalue weighted by Crippen LogP contribution is 2.17. The average molecular weight is 226 g/mol. The Hall–Kier alpha value is -1.52. The fourth-order valence-corrected chi connectivity index (χ4v) is 1.87. The quantitative estimate of drug-likeness (QED) is 0.708. The molecule has 2 N–H and O–H groups in total. The van der Waals surface area contributed by atoms with Crippen molar-refractivity contribution in [3.05, 3.63) is 12.7 Å². The summed E-state index contributed by atoms with van der Waals surface area (Å²) in [7, 11) is 0. The van der Waals surface area contributed by atoms with Gasteiger partial charge in [0, 0.05) is 12.6 Å². The number of hydrogen-bond acceptors (Lipinski definition) is 2. The summed E-state index contributed by atoms with van der Waals surface area (Å²) in [6, 6.07) is -0.977. The summed E-state index contributed by atoms with van der Waals surface area (Å²) < 4.78 is 0. The first-order chi connectivity index (χ1) is 7.56. The van der Waals surface area contributed by atoms with Crippen LogP contribution < -0.4 is 5.32 Å². The summed E-state index contributed by atoms with van der Waals surface area (Å²) in [5.41, 5.74) is 0. The molecule has 16 heavy (non-hydrogen) atoms. The third-order valence-corrected chi connectivity index (χ3v) is 2.69. The van der Waals surface area contributed by atoms with E-state index >= 15 is 0 Å². The van der Waals surface area contributed by atoms with Crippen molar-refractivity contribution < 1.29 is 14.7 Å². The fourth-order valence-electron chi connectivity index (χ4n) is 1.87. The van der Waals surface area contributed by atoms with Gasteiger partial charge in [-0.1, -0.05) is 6.08 Å². The monoisotopic (exact) mass is 226 g/mol. The van der Waals surface area contributed by atoms with Gasteiger partial charge in [-0.15, -0.1) is 6.58 Å². The maximum absolute atomic E-state index is 11.8. The van der Waals surface area contributed by atoms with Crippen LogP contribution in [0.25, 0.3) is 0 Å². The topological polar surface area (TPSA) is 69.6 Å². The second-order valence-corrected chi connectivity index (χ2v) is 4.06. The fraction of sp³-hybridized carbons (Fsp3) is 0.636. The molecule has 1 aliphatic heterocycles. The van der Waals surface area contributed by atoms with E-state index in [9.17, 15) is 9.59 Å². The Morgan fingerprint density at radius 2 is 2.38 bits per heavy atom. The smallest absolute Gasteiger partial charge is 0.326 e. The first-order valence-corrected chi connectivity index (χ1v) is 5.47. The number of carbonyl (C=O) groups is 2. The summed E-state index contributed by atoms with van der Waals surface area (Å²) >= 11 is 0. The lowest BCUT2D eigenvalue weighted by Gasteiger charge is -2.23. The SMILES string of the molecule is C=CCC(C)NC(=O)N1CCCC1C(=O)O. The van der Waals surface area contributed by atoms with E-state index in [4.69, 9.17) is 5.11 Å². The third-order valence-electron chi connectivity index (χ3n) is 2.69. The molecule has 1 heterocycles. The van der Waals surface area contributed by atoms with Gasteiger partial charge in [-0.25, -0.2) is 9.59 Å². The average Bonchev–Trinajstić information content (AvgIpc) is 2.65. The van der Waals surface area contributed by atoms with E-state index in [1.165, 1.54) is 4.90 Å². The molecule has 1 saturated heterocycles. The van der Waals surface area contributed by atoms with Crippen LogP contribution in [-0.2, 0) is 4.79 Å². The lowest BCUT2D eigenvalue weighted by Crippen LogP contribution is -2.48. The molecule has 2 unspecified atom stereocenters. The van der Waals surface area contributed by atoms with Crippen molar-refractivity contribution in [2.75, 3.05) is 6.54 Å². The van der Waals surface area contributed by atoms with Gasteiger partial charge in [0.15, 0.2) is 0 Å². The second-order valence-electron chi connectivity index (χ2n) is 4.06. The number of amides is 2. The number of rotatable bonds is 4. The Kier molecular flexibility index (Phi) is 4.34. The number of nitrogens with zero attached hydrogens (tertiary/aromatic N) is 1. The summed E-state index contributed by atoms with van der Waals surface area (Å²) in [5, 5.41) is 11.7. The molecule has 0 spiro atoms. The zero-order valence-corrected chi connectivity index (χ0v) is 9.48. The van der Waals surface area contributed by atoms with Crippen LogP contribution in [0.1, 0.15) is 26.2 Å². The Bertz CT molecular complexity index is 291. The van der Waals surface area contributed by atoms with E-state index < -0.39 is 12.0 Å². The zero-order valence-electron chi connectivity index (χ0n) is 9.48. The molecule has 1 rings (SSSR count). The first-order valence-electron chi connectivity index (χ1n) is 5.47. The van der Waals surface area contributed by atoms with Gasteiger partial charge in [-0.05, 0) is 26.2 Å². The van der Waals surface area contributed by atoms with Crippen molar-refractivity contribution >= 4 is 12.0 Å². The molecular formula is C11H18N2O3. The van der Waals surface area contributed by atoms with Crippen molar-refractivity contribution in [3.8, 4) is 0 Å². The van der Waals surface area contributed by atoms with E-state index in [0.29, 0.717) is 19.4 Å². The number of carboxylic acid groups (broad SMARTS) is 1. The number of likely N-dealkylation sites (tertiary alicyclic amines) is 1. The number of carbonyl (C=O) groups excluding carboxylic acids is 1. The summed E-state index contributed by atoms with van der Waals surface area (Å²) in [6.45, 7) is 5.97.